The summed E-state index contributed by atoms with van der Waals surface area (Å²) in [4.78, 5) is 14.7. The fourth-order valence-corrected chi connectivity index (χ4v) is 3.77. The first-order chi connectivity index (χ1) is 9.11. The predicted molar refractivity (Wildman–Crippen MR) is 78.6 cm³/mol. The van der Waals surface area contributed by atoms with E-state index in [4.69, 9.17) is 5.73 Å². The first-order valence-corrected chi connectivity index (χ1v) is 8.10. The van der Waals surface area contributed by atoms with Gasteiger partial charge in [0.15, 0.2) is 0 Å². The molecule has 1 aliphatic carbocycles. The average Bonchev–Trinajstić information content (AvgIpc) is 2.46. The van der Waals surface area contributed by atoms with Crippen LogP contribution in [-0.2, 0) is 4.79 Å². The number of likely N-dealkylation sites (tertiary alicyclic amines) is 1. The van der Waals surface area contributed by atoms with Crippen LogP contribution in [0, 0.1) is 23.7 Å². The summed E-state index contributed by atoms with van der Waals surface area (Å²) < 4.78 is 0. The van der Waals surface area contributed by atoms with Crippen molar-refractivity contribution < 1.29 is 4.79 Å². The quantitative estimate of drug-likeness (QED) is 0.853. The molecule has 2 aliphatic rings. The van der Waals surface area contributed by atoms with Gasteiger partial charge in [0.2, 0.25) is 5.91 Å². The summed E-state index contributed by atoms with van der Waals surface area (Å²) in [6.45, 7) is 7.31. The SMILES string of the molecule is CC(C)C1CCN(C(=O)C2CCCC(CN)C2)CC1. The van der Waals surface area contributed by atoms with E-state index < -0.39 is 0 Å². The Balaban J connectivity index is 1.83. The fraction of sp³-hybridized carbons (Fsp3) is 0.938. The zero-order valence-corrected chi connectivity index (χ0v) is 12.6. The largest absolute Gasteiger partial charge is 0.342 e. The topological polar surface area (TPSA) is 46.3 Å². The molecule has 1 amide bonds. The van der Waals surface area contributed by atoms with E-state index in [-0.39, 0.29) is 5.92 Å². The van der Waals surface area contributed by atoms with Gasteiger partial charge in [0, 0.05) is 19.0 Å². The highest BCUT2D eigenvalue weighted by molar-refractivity contribution is 5.79. The zero-order valence-electron chi connectivity index (χ0n) is 12.6. The molecule has 1 saturated carbocycles. The van der Waals surface area contributed by atoms with E-state index in [0.29, 0.717) is 11.8 Å². The molecular formula is C16H30N2O. The Morgan fingerprint density at radius 3 is 2.47 bits per heavy atom. The second-order valence-electron chi connectivity index (χ2n) is 6.87. The highest BCUT2D eigenvalue weighted by atomic mass is 16.2. The van der Waals surface area contributed by atoms with E-state index in [1.165, 1.54) is 25.7 Å². The molecule has 2 fully saturated rings. The van der Waals surface area contributed by atoms with Gasteiger partial charge in [-0.1, -0.05) is 20.3 Å². The maximum absolute atomic E-state index is 12.6. The highest BCUT2D eigenvalue weighted by Crippen LogP contribution is 2.31. The van der Waals surface area contributed by atoms with Crippen LogP contribution in [0.4, 0.5) is 0 Å². The average molecular weight is 266 g/mol. The minimum atomic E-state index is 0.262. The van der Waals surface area contributed by atoms with Gasteiger partial charge in [0.05, 0.1) is 0 Å². The molecule has 0 aromatic heterocycles. The molecule has 19 heavy (non-hydrogen) atoms. The van der Waals surface area contributed by atoms with Crippen LogP contribution < -0.4 is 5.73 Å². The Labute approximate surface area is 117 Å². The molecule has 1 aliphatic heterocycles. The van der Waals surface area contributed by atoms with Gasteiger partial charge in [0.1, 0.15) is 0 Å². The van der Waals surface area contributed by atoms with Crippen molar-refractivity contribution in [1.29, 1.82) is 0 Å². The van der Waals surface area contributed by atoms with E-state index in [2.05, 4.69) is 18.7 Å². The van der Waals surface area contributed by atoms with Crippen molar-refractivity contribution in [2.24, 2.45) is 29.4 Å². The summed E-state index contributed by atoms with van der Waals surface area (Å²) in [6, 6.07) is 0. The monoisotopic (exact) mass is 266 g/mol. The molecular weight excluding hydrogens is 236 g/mol. The van der Waals surface area contributed by atoms with Crippen molar-refractivity contribution in [2.75, 3.05) is 19.6 Å². The van der Waals surface area contributed by atoms with Gasteiger partial charge in [-0.3, -0.25) is 4.79 Å². The number of carbonyl (C=O) groups excluding carboxylic acids is 1. The van der Waals surface area contributed by atoms with E-state index in [1.807, 2.05) is 0 Å². The van der Waals surface area contributed by atoms with Gasteiger partial charge in [-0.05, 0) is 56.4 Å². The van der Waals surface area contributed by atoms with Gasteiger partial charge in [-0.2, -0.15) is 0 Å². The van der Waals surface area contributed by atoms with Crippen molar-refractivity contribution in [3.63, 3.8) is 0 Å². The summed E-state index contributed by atoms with van der Waals surface area (Å²) >= 11 is 0. The lowest BCUT2D eigenvalue weighted by Crippen LogP contribution is -2.44. The molecule has 0 aromatic carbocycles. The van der Waals surface area contributed by atoms with Crippen molar-refractivity contribution in [1.82, 2.24) is 4.90 Å². The third-order valence-electron chi connectivity index (χ3n) is 5.26. The van der Waals surface area contributed by atoms with Crippen molar-refractivity contribution in [3.05, 3.63) is 0 Å². The van der Waals surface area contributed by atoms with Gasteiger partial charge in [-0.15, -0.1) is 0 Å². The van der Waals surface area contributed by atoms with Crippen molar-refractivity contribution >= 4 is 5.91 Å². The van der Waals surface area contributed by atoms with E-state index in [0.717, 1.165) is 44.3 Å². The van der Waals surface area contributed by atoms with Crippen LogP contribution in [0.5, 0.6) is 0 Å². The summed E-state index contributed by atoms with van der Waals surface area (Å²) in [5.41, 5.74) is 5.77. The first kappa shape index (κ1) is 14.8. The molecule has 3 heteroatoms. The molecule has 0 aromatic rings. The number of nitrogens with two attached hydrogens (primary N) is 1. The summed E-state index contributed by atoms with van der Waals surface area (Å²) in [7, 11) is 0. The molecule has 110 valence electrons. The van der Waals surface area contributed by atoms with Crippen LogP contribution in [0.2, 0.25) is 0 Å². The molecule has 0 radical (unpaired) electrons. The van der Waals surface area contributed by atoms with Crippen LogP contribution >= 0.6 is 0 Å². The first-order valence-electron chi connectivity index (χ1n) is 8.10. The number of amides is 1. The van der Waals surface area contributed by atoms with Gasteiger partial charge >= 0.3 is 0 Å². The smallest absolute Gasteiger partial charge is 0.225 e. The minimum absolute atomic E-state index is 0.262. The van der Waals surface area contributed by atoms with Crippen LogP contribution in [0.3, 0.4) is 0 Å². The Morgan fingerprint density at radius 2 is 1.89 bits per heavy atom. The number of rotatable bonds is 3. The Bertz CT molecular complexity index is 295. The lowest BCUT2D eigenvalue weighted by molar-refractivity contribution is -0.138. The van der Waals surface area contributed by atoms with E-state index in [9.17, 15) is 4.79 Å². The van der Waals surface area contributed by atoms with Crippen LogP contribution in [0.1, 0.15) is 52.4 Å². The number of carbonyl (C=O) groups is 1. The molecule has 2 N–H and O–H groups in total. The molecule has 2 unspecified atom stereocenters. The molecule has 0 spiro atoms. The second-order valence-corrected chi connectivity index (χ2v) is 6.87. The van der Waals surface area contributed by atoms with E-state index >= 15 is 0 Å². The fourth-order valence-electron chi connectivity index (χ4n) is 3.77. The van der Waals surface area contributed by atoms with Gasteiger partial charge in [-0.25, -0.2) is 0 Å². The highest BCUT2D eigenvalue weighted by Gasteiger charge is 2.32. The second kappa shape index (κ2) is 6.74. The van der Waals surface area contributed by atoms with Crippen LogP contribution in [0.15, 0.2) is 0 Å². The van der Waals surface area contributed by atoms with Gasteiger partial charge < -0.3 is 10.6 Å². The number of hydrogen-bond donors (Lipinski definition) is 1. The molecule has 1 saturated heterocycles. The third-order valence-corrected chi connectivity index (χ3v) is 5.26. The standard InChI is InChI=1S/C16H30N2O/c1-12(2)14-6-8-18(9-7-14)16(19)15-5-3-4-13(10-15)11-17/h12-15H,3-11,17H2,1-2H3. The molecule has 3 nitrogen and oxygen atoms in total. The zero-order chi connectivity index (χ0) is 13.8. The molecule has 1 heterocycles. The Hall–Kier alpha value is -0.570. The lowest BCUT2D eigenvalue weighted by Gasteiger charge is -2.37. The normalized spacial score (nSPS) is 29.8. The number of nitrogens with zero attached hydrogens (tertiary/aromatic N) is 1. The molecule has 2 rings (SSSR count). The van der Waals surface area contributed by atoms with Crippen LogP contribution in [0.25, 0.3) is 0 Å². The van der Waals surface area contributed by atoms with Crippen LogP contribution in [-0.4, -0.2) is 30.4 Å². The minimum Gasteiger partial charge on any atom is -0.342 e. The summed E-state index contributed by atoms with van der Waals surface area (Å²) in [6.07, 6.45) is 6.89. The van der Waals surface area contributed by atoms with E-state index in [1.54, 1.807) is 0 Å². The lowest BCUT2D eigenvalue weighted by atomic mass is 9.80. The summed E-state index contributed by atoms with van der Waals surface area (Å²) in [5, 5.41) is 0. The third kappa shape index (κ3) is 3.71. The molecule has 0 bridgehead atoms. The Morgan fingerprint density at radius 1 is 1.21 bits per heavy atom. The summed E-state index contributed by atoms with van der Waals surface area (Å²) in [5.74, 6) is 2.83. The Kier molecular flexibility index (Phi) is 5.26. The van der Waals surface area contributed by atoms with Crippen molar-refractivity contribution in [3.8, 4) is 0 Å². The maximum Gasteiger partial charge on any atom is 0.225 e. The molecule has 2 atom stereocenters. The predicted octanol–water partition coefficient (Wildman–Crippen LogP) is 2.65. The van der Waals surface area contributed by atoms with Gasteiger partial charge in [0.25, 0.3) is 0 Å². The maximum atomic E-state index is 12.6. The number of piperidine rings is 1. The van der Waals surface area contributed by atoms with Crippen molar-refractivity contribution in [2.45, 2.75) is 52.4 Å². The number of hydrogen-bond acceptors (Lipinski definition) is 2.